The number of nitrogens with one attached hydrogen (secondary N) is 1. The molecule has 10 nitrogen and oxygen atoms in total. The lowest BCUT2D eigenvalue weighted by atomic mass is 10.0. The van der Waals surface area contributed by atoms with Gasteiger partial charge in [-0.3, -0.25) is 9.59 Å². The van der Waals surface area contributed by atoms with E-state index in [1.165, 1.54) is 16.3 Å². The number of nitrogens with zero attached hydrogens (tertiary/aromatic N) is 4. The van der Waals surface area contributed by atoms with E-state index in [1.807, 2.05) is 36.1 Å². The third-order valence-corrected chi connectivity index (χ3v) is 7.22. The SMILES string of the molecule is Cc1ccccc1/C(N)=C(\C(=O)N1CCN(c2cc(NC(=O)c3nccs3)c(N)cc2Cl)CC1)N(C)N. The number of aromatic nitrogens is 1. The van der Waals surface area contributed by atoms with Crippen molar-refractivity contribution in [3.8, 4) is 0 Å². The van der Waals surface area contributed by atoms with Crippen LogP contribution in [0.2, 0.25) is 5.02 Å². The van der Waals surface area contributed by atoms with Gasteiger partial charge in [0.2, 0.25) is 0 Å². The molecule has 37 heavy (non-hydrogen) atoms. The molecule has 1 fully saturated rings. The minimum absolute atomic E-state index is 0.237. The Hall–Kier alpha value is -3.80. The zero-order chi connectivity index (χ0) is 26.7. The first-order valence-electron chi connectivity index (χ1n) is 11.6. The number of carbonyl (C=O) groups excluding carboxylic acids is 2. The predicted molar refractivity (Wildman–Crippen MR) is 149 cm³/mol. The number of piperazine rings is 1. The van der Waals surface area contributed by atoms with Gasteiger partial charge in [0, 0.05) is 50.4 Å². The summed E-state index contributed by atoms with van der Waals surface area (Å²) in [4.78, 5) is 33.7. The molecule has 2 heterocycles. The first-order chi connectivity index (χ1) is 17.7. The van der Waals surface area contributed by atoms with Crippen molar-refractivity contribution in [2.45, 2.75) is 6.92 Å². The average Bonchev–Trinajstić information content (AvgIpc) is 3.41. The van der Waals surface area contributed by atoms with Crippen LogP contribution in [0.3, 0.4) is 0 Å². The van der Waals surface area contributed by atoms with Crippen LogP contribution in [0.1, 0.15) is 20.9 Å². The van der Waals surface area contributed by atoms with E-state index in [0.717, 1.165) is 11.1 Å². The summed E-state index contributed by atoms with van der Waals surface area (Å²) in [7, 11) is 1.60. The van der Waals surface area contributed by atoms with Gasteiger partial charge in [-0.05, 0) is 24.6 Å². The number of amides is 2. The molecule has 0 aliphatic carbocycles. The molecule has 0 saturated carbocycles. The minimum atomic E-state index is -0.346. The number of aryl methyl sites for hydroxylation is 1. The molecule has 0 unspecified atom stereocenters. The maximum atomic E-state index is 13.5. The third kappa shape index (κ3) is 5.63. The molecular weight excluding hydrogens is 512 g/mol. The molecule has 0 radical (unpaired) electrons. The van der Waals surface area contributed by atoms with Gasteiger partial charge < -0.3 is 31.6 Å². The number of carbonyl (C=O) groups is 2. The van der Waals surface area contributed by atoms with Crippen molar-refractivity contribution in [1.29, 1.82) is 0 Å². The Morgan fingerprint density at radius 2 is 1.86 bits per heavy atom. The number of hydrazine groups is 1. The van der Waals surface area contributed by atoms with E-state index in [2.05, 4.69) is 10.3 Å². The number of halogens is 1. The molecule has 0 bridgehead atoms. The Labute approximate surface area is 224 Å². The number of nitrogen functional groups attached to an aromatic ring is 1. The zero-order valence-corrected chi connectivity index (χ0v) is 22.1. The van der Waals surface area contributed by atoms with E-state index in [9.17, 15) is 9.59 Å². The van der Waals surface area contributed by atoms with E-state index in [-0.39, 0.29) is 17.5 Å². The van der Waals surface area contributed by atoms with Gasteiger partial charge in [-0.25, -0.2) is 10.8 Å². The lowest BCUT2D eigenvalue weighted by molar-refractivity contribution is -0.128. The highest BCUT2D eigenvalue weighted by Gasteiger charge is 2.28. The Balaban J connectivity index is 1.50. The number of thiazole rings is 1. The lowest BCUT2D eigenvalue weighted by Crippen LogP contribution is -2.51. The smallest absolute Gasteiger partial charge is 0.284 e. The topological polar surface area (TPSA) is 147 Å². The van der Waals surface area contributed by atoms with Crippen LogP contribution in [0.15, 0.2) is 53.7 Å². The van der Waals surface area contributed by atoms with E-state index in [4.69, 9.17) is 28.9 Å². The second-order valence-electron chi connectivity index (χ2n) is 8.65. The van der Waals surface area contributed by atoms with Gasteiger partial charge in [0.05, 0.1) is 27.8 Å². The van der Waals surface area contributed by atoms with Crippen molar-refractivity contribution in [1.82, 2.24) is 14.9 Å². The van der Waals surface area contributed by atoms with Gasteiger partial charge in [-0.2, -0.15) is 0 Å². The second-order valence-corrected chi connectivity index (χ2v) is 9.95. The van der Waals surface area contributed by atoms with Crippen LogP contribution in [0.4, 0.5) is 17.1 Å². The molecule has 0 atom stereocenters. The van der Waals surface area contributed by atoms with Crippen LogP contribution in [0.5, 0.6) is 0 Å². The predicted octanol–water partition coefficient (Wildman–Crippen LogP) is 2.72. The maximum absolute atomic E-state index is 13.5. The Bertz CT molecular complexity index is 1330. The van der Waals surface area contributed by atoms with Crippen LogP contribution in [-0.4, -0.2) is 59.9 Å². The molecule has 7 N–H and O–H groups in total. The van der Waals surface area contributed by atoms with Crippen molar-refractivity contribution < 1.29 is 9.59 Å². The Morgan fingerprint density at radius 3 is 2.49 bits per heavy atom. The van der Waals surface area contributed by atoms with Gasteiger partial charge in [-0.15, -0.1) is 11.3 Å². The average molecular weight is 541 g/mol. The van der Waals surface area contributed by atoms with Crippen LogP contribution < -0.4 is 27.5 Å². The molecule has 1 aliphatic heterocycles. The number of likely N-dealkylation sites (N-methyl/N-ethyl adjacent to an activating group) is 1. The molecule has 1 aromatic heterocycles. The fourth-order valence-corrected chi connectivity index (χ4v) is 5.02. The normalized spacial score (nSPS) is 14.3. The van der Waals surface area contributed by atoms with Gasteiger partial charge >= 0.3 is 0 Å². The minimum Gasteiger partial charge on any atom is -0.397 e. The number of benzene rings is 2. The number of rotatable bonds is 6. The lowest BCUT2D eigenvalue weighted by Gasteiger charge is -2.37. The third-order valence-electron chi connectivity index (χ3n) is 6.15. The largest absolute Gasteiger partial charge is 0.397 e. The summed E-state index contributed by atoms with van der Waals surface area (Å²) in [5.41, 5.74) is 16.3. The molecule has 2 aromatic carbocycles. The number of nitrogens with two attached hydrogens (primary N) is 3. The Kier molecular flexibility index (Phi) is 7.86. The first-order valence-corrected chi connectivity index (χ1v) is 12.8. The van der Waals surface area contributed by atoms with Crippen molar-refractivity contribution in [3.05, 3.63) is 74.8 Å². The van der Waals surface area contributed by atoms with Crippen molar-refractivity contribution in [2.24, 2.45) is 11.6 Å². The summed E-state index contributed by atoms with van der Waals surface area (Å²) >= 11 is 7.75. The first kappa shape index (κ1) is 26.3. The standard InChI is InChI=1S/C25H29ClN8O2S/c1-15-5-3-4-6-16(15)21(28)22(32(2)29)25(36)34-10-8-33(9-11-34)20-14-19(18(27)13-17(20)26)31-23(35)24-30-7-12-37-24/h3-7,12-14H,8-11,27-29H2,1-2H3,(H,31,35)/b22-21-. The molecule has 1 aliphatic rings. The molecule has 1 saturated heterocycles. The van der Waals surface area contributed by atoms with Crippen molar-refractivity contribution in [3.63, 3.8) is 0 Å². The summed E-state index contributed by atoms with van der Waals surface area (Å²) in [5, 5.41) is 6.58. The van der Waals surface area contributed by atoms with E-state index >= 15 is 0 Å². The monoisotopic (exact) mass is 540 g/mol. The zero-order valence-electron chi connectivity index (χ0n) is 20.6. The molecule has 3 aromatic rings. The number of anilines is 3. The van der Waals surface area contributed by atoms with Crippen LogP contribution in [0.25, 0.3) is 5.70 Å². The van der Waals surface area contributed by atoms with E-state index < -0.39 is 0 Å². The maximum Gasteiger partial charge on any atom is 0.284 e. The van der Waals surface area contributed by atoms with E-state index in [1.54, 1.807) is 35.7 Å². The number of hydrogen-bond acceptors (Lipinski definition) is 9. The highest BCUT2D eigenvalue weighted by molar-refractivity contribution is 7.11. The fourth-order valence-electron chi connectivity index (χ4n) is 4.20. The van der Waals surface area contributed by atoms with E-state index in [0.29, 0.717) is 59.0 Å². The summed E-state index contributed by atoms with van der Waals surface area (Å²) in [6.07, 6.45) is 1.56. The quantitative estimate of drug-likeness (QED) is 0.161. The second kappa shape index (κ2) is 11.1. The molecule has 4 rings (SSSR count). The van der Waals surface area contributed by atoms with Gasteiger partial charge in [0.1, 0.15) is 5.70 Å². The Morgan fingerprint density at radius 1 is 1.16 bits per heavy atom. The highest BCUT2D eigenvalue weighted by Crippen LogP contribution is 2.35. The van der Waals surface area contributed by atoms with Gasteiger partial charge in [-0.1, -0.05) is 35.9 Å². The molecular formula is C25H29ClN8O2S. The summed E-state index contributed by atoms with van der Waals surface area (Å²) < 4.78 is 0. The summed E-state index contributed by atoms with van der Waals surface area (Å²) in [5.74, 6) is 5.46. The van der Waals surface area contributed by atoms with Crippen molar-refractivity contribution in [2.75, 3.05) is 49.2 Å². The van der Waals surface area contributed by atoms with Crippen molar-refractivity contribution >= 4 is 57.5 Å². The van der Waals surface area contributed by atoms with Crippen LogP contribution in [0, 0.1) is 6.92 Å². The molecule has 2 amide bonds. The fraction of sp³-hybridized carbons (Fsp3) is 0.240. The van der Waals surface area contributed by atoms with Gasteiger partial charge in [0.15, 0.2) is 5.01 Å². The molecule has 194 valence electrons. The van der Waals surface area contributed by atoms with Crippen LogP contribution >= 0.6 is 22.9 Å². The number of hydrogen-bond donors (Lipinski definition) is 4. The highest BCUT2D eigenvalue weighted by atomic mass is 35.5. The molecule has 0 spiro atoms. The van der Waals surface area contributed by atoms with Crippen LogP contribution in [-0.2, 0) is 4.79 Å². The molecule has 12 heteroatoms. The summed E-state index contributed by atoms with van der Waals surface area (Å²) in [6.45, 7) is 3.82. The summed E-state index contributed by atoms with van der Waals surface area (Å²) in [6, 6.07) is 10.9. The van der Waals surface area contributed by atoms with Gasteiger partial charge in [0.25, 0.3) is 11.8 Å².